The van der Waals surface area contributed by atoms with Crippen LogP contribution in [-0.2, 0) is 11.2 Å². The molecule has 1 amide bonds. The van der Waals surface area contributed by atoms with E-state index in [0.717, 1.165) is 35.4 Å². The van der Waals surface area contributed by atoms with Crippen molar-refractivity contribution < 1.29 is 4.79 Å². The smallest absolute Gasteiger partial charge is 0.224 e. The third-order valence-electron chi connectivity index (χ3n) is 4.54. The maximum absolute atomic E-state index is 12.1. The van der Waals surface area contributed by atoms with Gasteiger partial charge in [0.15, 0.2) is 0 Å². The highest BCUT2D eigenvalue weighted by molar-refractivity contribution is 5.90. The van der Waals surface area contributed by atoms with E-state index < -0.39 is 0 Å². The fourth-order valence-electron chi connectivity index (χ4n) is 3.12. The Morgan fingerprint density at radius 1 is 0.926 bits per heavy atom. The molecule has 0 saturated carbocycles. The van der Waals surface area contributed by atoms with Gasteiger partial charge in [-0.25, -0.2) is 4.98 Å². The van der Waals surface area contributed by atoms with Crippen LogP contribution in [0.15, 0.2) is 85.2 Å². The number of aryl methyl sites for hydroxylation is 1. The number of carbonyl (C=O) groups is 1. The Balaban J connectivity index is 1.34. The second-order valence-electron chi connectivity index (χ2n) is 6.56. The van der Waals surface area contributed by atoms with E-state index in [1.807, 2.05) is 77.5 Å². The van der Waals surface area contributed by atoms with Crippen molar-refractivity contribution in [1.29, 1.82) is 0 Å². The van der Waals surface area contributed by atoms with Crippen LogP contribution in [0.4, 0.5) is 5.69 Å². The van der Waals surface area contributed by atoms with E-state index in [0.29, 0.717) is 6.42 Å². The number of nitrogens with one attached hydrogen (secondary N) is 1. The Morgan fingerprint density at radius 3 is 2.48 bits per heavy atom. The third kappa shape index (κ3) is 4.23. The average molecular weight is 355 g/mol. The molecule has 27 heavy (non-hydrogen) atoms. The molecule has 4 heteroatoms. The van der Waals surface area contributed by atoms with Gasteiger partial charge >= 0.3 is 0 Å². The molecule has 0 saturated heterocycles. The maximum Gasteiger partial charge on any atom is 0.224 e. The van der Waals surface area contributed by atoms with Gasteiger partial charge in [-0.2, -0.15) is 0 Å². The molecule has 2 heterocycles. The number of carbonyl (C=O) groups excluding carboxylic acids is 1. The van der Waals surface area contributed by atoms with Crippen LogP contribution in [0.25, 0.3) is 16.9 Å². The van der Waals surface area contributed by atoms with Crippen molar-refractivity contribution in [3.63, 3.8) is 0 Å². The monoisotopic (exact) mass is 355 g/mol. The van der Waals surface area contributed by atoms with Crippen molar-refractivity contribution in [2.45, 2.75) is 19.3 Å². The number of aromatic nitrogens is 2. The van der Waals surface area contributed by atoms with Crippen molar-refractivity contribution in [3.05, 3.63) is 90.8 Å². The van der Waals surface area contributed by atoms with E-state index in [9.17, 15) is 4.79 Å². The number of rotatable bonds is 6. The third-order valence-corrected chi connectivity index (χ3v) is 4.54. The number of anilines is 1. The fraction of sp³-hybridized carbons (Fsp3) is 0.130. The lowest BCUT2D eigenvalue weighted by Crippen LogP contribution is -2.11. The first-order valence-corrected chi connectivity index (χ1v) is 9.16. The van der Waals surface area contributed by atoms with Crippen LogP contribution >= 0.6 is 0 Å². The second kappa shape index (κ2) is 7.87. The van der Waals surface area contributed by atoms with E-state index in [1.54, 1.807) is 0 Å². The van der Waals surface area contributed by atoms with Gasteiger partial charge in [-0.3, -0.25) is 4.79 Å². The Bertz CT molecular complexity index is 1000. The number of benzene rings is 2. The molecule has 0 spiro atoms. The van der Waals surface area contributed by atoms with Gasteiger partial charge in [0, 0.05) is 30.1 Å². The maximum atomic E-state index is 12.1. The van der Waals surface area contributed by atoms with Crippen LogP contribution in [0.3, 0.4) is 0 Å². The molecule has 0 unspecified atom stereocenters. The van der Waals surface area contributed by atoms with Gasteiger partial charge in [-0.15, -0.1) is 0 Å². The molecule has 0 bridgehead atoms. The highest BCUT2D eigenvalue weighted by atomic mass is 16.1. The highest BCUT2D eigenvalue weighted by Crippen LogP contribution is 2.21. The fourth-order valence-corrected chi connectivity index (χ4v) is 3.12. The Labute approximate surface area is 158 Å². The normalized spacial score (nSPS) is 10.8. The standard InChI is InChI=1S/C23H21N3O/c27-23(11-6-9-18-7-2-1-3-8-18)24-20-14-12-19(13-15-20)21-17-26-16-5-4-10-22(26)25-21/h1-5,7-8,10,12-17H,6,9,11H2,(H,24,27). The minimum Gasteiger partial charge on any atom is -0.326 e. The van der Waals surface area contributed by atoms with E-state index in [2.05, 4.69) is 22.4 Å². The van der Waals surface area contributed by atoms with Crippen molar-refractivity contribution >= 4 is 17.2 Å². The van der Waals surface area contributed by atoms with Crippen LogP contribution in [0.2, 0.25) is 0 Å². The molecule has 0 fully saturated rings. The quantitative estimate of drug-likeness (QED) is 0.531. The summed E-state index contributed by atoms with van der Waals surface area (Å²) in [6, 6.07) is 24.0. The summed E-state index contributed by atoms with van der Waals surface area (Å²) in [5.41, 5.74) is 4.94. The van der Waals surface area contributed by atoms with Crippen molar-refractivity contribution in [3.8, 4) is 11.3 Å². The zero-order chi connectivity index (χ0) is 18.5. The minimum absolute atomic E-state index is 0.0476. The minimum atomic E-state index is 0.0476. The molecule has 0 aliphatic heterocycles. The molecular formula is C23H21N3O. The topological polar surface area (TPSA) is 46.4 Å². The number of imidazole rings is 1. The van der Waals surface area contributed by atoms with E-state index >= 15 is 0 Å². The van der Waals surface area contributed by atoms with Crippen molar-refractivity contribution in [2.24, 2.45) is 0 Å². The van der Waals surface area contributed by atoms with Gasteiger partial charge in [-0.05, 0) is 42.7 Å². The lowest BCUT2D eigenvalue weighted by atomic mass is 10.1. The van der Waals surface area contributed by atoms with Gasteiger partial charge in [0.2, 0.25) is 5.91 Å². The Kier molecular flexibility index (Phi) is 4.97. The predicted octanol–water partition coefficient (Wildman–Crippen LogP) is 4.96. The Morgan fingerprint density at radius 2 is 1.70 bits per heavy atom. The van der Waals surface area contributed by atoms with Crippen molar-refractivity contribution in [2.75, 3.05) is 5.32 Å². The summed E-state index contributed by atoms with van der Waals surface area (Å²) in [7, 11) is 0. The predicted molar refractivity (Wildman–Crippen MR) is 109 cm³/mol. The zero-order valence-corrected chi connectivity index (χ0v) is 15.0. The van der Waals surface area contributed by atoms with E-state index in [4.69, 9.17) is 0 Å². The first-order chi connectivity index (χ1) is 13.3. The summed E-state index contributed by atoms with van der Waals surface area (Å²) in [6.45, 7) is 0. The summed E-state index contributed by atoms with van der Waals surface area (Å²) in [4.78, 5) is 16.8. The molecule has 4 rings (SSSR count). The van der Waals surface area contributed by atoms with Gasteiger partial charge in [0.1, 0.15) is 5.65 Å². The van der Waals surface area contributed by atoms with Crippen LogP contribution in [-0.4, -0.2) is 15.3 Å². The molecule has 0 aliphatic rings. The lowest BCUT2D eigenvalue weighted by molar-refractivity contribution is -0.116. The van der Waals surface area contributed by atoms with Crippen LogP contribution < -0.4 is 5.32 Å². The van der Waals surface area contributed by atoms with Crippen LogP contribution in [0.1, 0.15) is 18.4 Å². The molecule has 0 aliphatic carbocycles. The molecular weight excluding hydrogens is 334 g/mol. The molecule has 0 radical (unpaired) electrons. The van der Waals surface area contributed by atoms with Gasteiger partial charge < -0.3 is 9.72 Å². The number of nitrogens with zero attached hydrogens (tertiary/aromatic N) is 2. The largest absolute Gasteiger partial charge is 0.326 e. The SMILES string of the molecule is O=C(CCCc1ccccc1)Nc1ccc(-c2cn3ccccc3n2)cc1. The molecule has 1 N–H and O–H groups in total. The van der Waals surface area contributed by atoms with Crippen LogP contribution in [0, 0.1) is 0 Å². The van der Waals surface area contributed by atoms with Gasteiger partial charge in [0.05, 0.1) is 5.69 Å². The van der Waals surface area contributed by atoms with Crippen molar-refractivity contribution in [1.82, 2.24) is 9.38 Å². The van der Waals surface area contributed by atoms with E-state index in [1.165, 1.54) is 5.56 Å². The molecule has 2 aromatic heterocycles. The Hall–Kier alpha value is -3.40. The average Bonchev–Trinajstić information content (AvgIpc) is 3.13. The number of hydrogen-bond donors (Lipinski definition) is 1. The molecule has 2 aromatic carbocycles. The molecule has 4 aromatic rings. The number of pyridine rings is 1. The summed E-state index contributed by atoms with van der Waals surface area (Å²) >= 11 is 0. The number of fused-ring (bicyclic) bond motifs is 1. The summed E-state index contributed by atoms with van der Waals surface area (Å²) in [6.07, 6.45) is 6.27. The first kappa shape index (κ1) is 17.0. The summed E-state index contributed by atoms with van der Waals surface area (Å²) in [5, 5.41) is 2.97. The summed E-state index contributed by atoms with van der Waals surface area (Å²) in [5.74, 6) is 0.0476. The number of hydrogen-bond acceptors (Lipinski definition) is 2. The second-order valence-corrected chi connectivity index (χ2v) is 6.56. The molecule has 0 atom stereocenters. The van der Waals surface area contributed by atoms with Gasteiger partial charge in [0.25, 0.3) is 0 Å². The summed E-state index contributed by atoms with van der Waals surface area (Å²) < 4.78 is 2.00. The molecule has 4 nitrogen and oxygen atoms in total. The number of amides is 1. The highest BCUT2D eigenvalue weighted by Gasteiger charge is 2.06. The van der Waals surface area contributed by atoms with Gasteiger partial charge in [-0.1, -0.05) is 48.5 Å². The lowest BCUT2D eigenvalue weighted by Gasteiger charge is -2.06. The zero-order valence-electron chi connectivity index (χ0n) is 15.0. The molecule has 134 valence electrons. The van der Waals surface area contributed by atoms with Crippen LogP contribution in [0.5, 0.6) is 0 Å². The first-order valence-electron chi connectivity index (χ1n) is 9.16. The van der Waals surface area contributed by atoms with E-state index in [-0.39, 0.29) is 5.91 Å².